The van der Waals surface area contributed by atoms with E-state index < -0.39 is 34.1 Å². The highest BCUT2D eigenvalue weighted by atomic mass is 32.2. The Hall–Kier alpha value is -2.87. The first-order valence-corrected chi connectivity index (χ1v) is 13.3. The Morgan fingerprint density at radius 3 is 2.09 bits per heavy atom. The van der Waals surface area contributed by atoms with Crippen LogP contribution in [-0.4, -0.2) is 49.5 Å². The van der Waals surface area contributed by atoms with Gasteiger partial charge in [-0.1, -0.05) is 49.4 Å². The maximum atomic E-state index is 13.6. The van der Waals surface area contributed by atoms with Crippen LogP contribution in [0.1, 0.15) is 51.3 Å². The molecule has 2 aromatic carbocycles. The molecule has 1 atom stereocenters. The minimum atomic E-state index is -3.75. The topological polar surface area (TPSA) is 86.8 Å². The van der Waals surface area contributed by atoms with Gasteiger partial charge in [0.05, 0.1) is 11.9 Å². The zero-order valence-corrected chi connectivity index (χ0v) is 22.1. The zero-order chi connectivity index (χ0) is 25.7. The van der Waals surface area contributed by atoms with E-state index in [1.807, 2.05) is 71.0 Å². The molecular weight excluding hydrogens is 450 g/mol. The summed E-state index contributed by atoms with van der Waals surface area (Å²) in [6.07, 6.45) is 1.71. The molecule has 0 heterocycles. The molecule has 2 rings (SSSR count). The van der Waals surface area contributed by atoms with E-state index in [9.17, 15) is 18.0 Å². The second-order valence-electron chi connectivity index (χ2n) is 9.62. The van der Waals surface area contributed by atoms with E-state index in [1.54, 1.807) is 19.1 Å². The third kappa shape index (κ3) is 7.32. The van der Waals surface area contributed by atoms with Gasteiger partial charge < -0.3 is 10.2 Å². The highest BCUT2D eigenvalue weighted by Crippen LogP contribution is 2.24. The Kier molecular flexibility index (Phi) is 8.89. The second-order valence-corrected chi connectivity index (χ2v) is 11.5. The van der Waals surface area contributed by atoms with Crippen LogP contribution in [-0.2, 0) is 32.6 Å². The van der Waals surface area contributed by atoms with Crippen molar-refractivity contribution in [3.05, 3.63) is 65.2 Å². The summed E-state index contributed by atoms with van der Waals surface area (Å²) in [5.41, 5.74) is 2.71. The SMILES string of the molecule is CCc1ccccc1N(CC(=O)N(Cc1ccccc1C)[C@@H](C)C(=O)NC(C)(C)C)S(C)(=O)=O. The number of carbonyl (C=O) groups excluding carboxylic acids is 2. The van der Waals surface area contributed by atoms with Crippen molar-refractivity contribution in [3.8, 4) is 0 Å². The summed E-state index contributed by atoms with van der Waals surface area (Å²) in [6, 6.07) is 14.0. The first-order valence-electron chi connectivity index (χ1n) is 11.5. The zero-order valence-electron chi connectivity index (χ0n) is 21.3. The number of amides is 2. The number of benzene rings is 2. The molecule has 0 aliphatic heterocycles. The monoisotopic (exact) mass is 487 g/mol. The fraction of sp³-hybridized carbons (Fsp3) is 0.462. The van der Waals surface area contributed by atoms with Crippen molar-refractivity contribution >= 4 is 27.5 Å². The van der Waals surface area contributed by atoms with Gasteiger partial charge in [0, 0.05) is 12.1 Å². The lowest BCUT2D eigenvalue weighted by Crippen LogP contribution is -2.54. The van der Waals surface area contributed by atoms with Gasteiger partial charge in [-0.2, -0.15) is 0 Å². The summed E-state index contributed by atoms with van der Waals surface area (Å²) in [7, 11) is -3.75. The number of nitrogens with one attached hydrogen (secondary N) is 1. The van der Waals surface area contributed by atoms with Gasteiger partial charge in [0.1, 0.15) is 12.6 Å². The number of para-hydroxylation sites is 1. The molecule has 34 heavy (non-hydrogen) atoms. The summed E-state index contributed by atoms with van der Waals surface area (Å²) >= 11 is 0. The van der Waals surface area contributed by atoms with Crippen molar-refractivity contribution in [2.75, 3.05) is 17.1 Å². The average Bonchev–Trinajstić information content (AvgIpc) is 2.74. The molecule has 0 aliphatic carbocycles. The number of nitrogens with zero attached hydrogens (tertiary/aromatic N) is 2. The van der Waals surface area contributed by atoms with Crippen molar-refractivity contribution in [2.24, 2.45) is 0 Å². The Labute approximate surface area is 204 Å². The smallest absolute Gasteiger partial charge is 0.244 e. The molecule has 8 heteroatoms. The Morgan fingerprint density at radius 2 is 1.56 bits per heavy atom. The molecule has 0 saturated carbocycles. The van der Waals surface area contributed by atoms with Gasteiger partial charge in [-0.25, -0.2) is 8.42 Å². The van der Waals surface area contributed by atoms with E-state index in [4.69, 9.17) is 0 Å². The van der Waals surface area contributed by atoms with Gasteiger partial charge in [0.25, 0.3) is 0 Å². The Balaban J connectivity index is 2.46. The fourth-order valence-electron chi connectivity index (χ4n) is 3.68. The van der Waals surface area contributed by atoms with Crippen LogP contribution in [0.25, 0.3) is 0 Å². The van der Waals surface area contributed by atoms with E-state index in [1.165, 1.54) is 4.90 Å². The fourth-order valence-corrected chi connectivity index (χ4v) is 4.56. The number of aryl methyl sites for hydroxylation is 2. The molecule has 0 aliphatic rings. The van der Waals surface area contributed by atoms with Gasteiger partial charge in [0.2, 0.25) is 21.8 Å². The van der Waals surface area contributed by atoms with Gasteiger partial charge in [-0.05, 0) is 63.8 Å². The van der Waals surface area contributed by atoms with E-state index in [0.717, 1.165) is 27.3 Å². The summed E-state index contributed by atoms with van der Waals surface area (Å²) in [5.74, 6) is -0.745. The molecule has 2 aromatic rings. The quantitative estimate of drug-likeness (QED) is 0.585. The molecule has 186 valence electrons. The van der Waals surface area contributed by atoms with Crippen LogP contribution < -0.4 is 9.62 Å². The third-order valence-electron chi connectivity index (χ3n) is 5.59. The molecule has 0 saturated heterocycles. The summed E-state index contributed by atoms with van der Waals surface area (Å²) < 4.78 is 26.6. The highest BCUT2D eigenvalue weighted by molar-refractivity contribution is 7.92. The molecule has 0 bridgehead atoms. The molecule has 0 radical (unpaired) electrons. The molecule has 0 spiro atoms. The number of rotatable bonds is 9. The number of anilines is 1. The summed E-state index contributed by atoms with van der Waals surface area (Å²) in [6.45, 7) is 11.0. The van der Waals surface area contributed by atoms with Gasteiger partial charge >= 0.3 is 0 Å². The van der Waals surface area contributed by atoms with Crippen molar-refractivity contribution in [2.45, 2.75) is 66.1 Å². The van der Waals surface area contributed by atoms with Gasteiger partial charge in [0.15, 0.2) is 0 Å². The summed E-state index contributed by atoms with van der Waals surface area (Å²) in [4.78, 5) is 28.1. The lowest BCUT2D eigenvalue weighted by Gasteiger charge is -2.33. The number of sulfonamides is 1. The van der Waals surface area contributed by atoms with Crippen molar-refractivity contribution < 1.29 is 18.0 Å². The van der Waals surface area contributed by atoms with E-state index in [0.29, 0.717) is 12.1 Å². The molecular formula is C26H37N3O4S. The van der Waals surface area contributed by atoms with E-state index in [2.05, 4.69) is 5.32 Å². The largest absolute Gasteiger partial charge is 0.350 e. The summed E-state index contributed by atoms with van der Waals surface area (Å²) in [5, 5.41) is 2.92. The van der Waals surface area contributed by atoms with Crippen molar-refractivity contribution in [3.63, 3.8) is 0 Å². The lowest BCUT2D eigenvalue weighted by atomic mass is 10.1. The molecule has 0 unspecified atom stereocenters. The Morgan fingerprint density at radius 1 is 1.00 bits per heavy atom. The van der Waals surface area contributed by atoms with Crippen LogP contribution in [0.5, 0.6) is 0 Å². The van der Waals surface area contributed by atoms with Crippen LogP contribution >= 0.6 is 0 Å². The maximum Gasteiger partial charge on any atom is 0.244 e. The van der Waals surface area contributed by atoms with Crippen LogP contribution in [0.15, 0.2) is 48.5 Å². The highest BCUT2D eigenvalue weighted by Gasteiger charge is 2.32. The maximum absolute atomic E-state index is 13.6. The first kappa shape index (κ1) is 27.4. The first-order chi connectivity index (χ1) is 15.7. The number of hydrogen-bond donors (Lipinski definition) is 1. The lowest BCUT2D eigenvalue weighted by molar-refractivity contribution is -0.140. The Bertz CT molecular complexity index is 1120. The van der Waals surface area contributed by atoms with Crippen molar-refractivity contribution in [1.82, 2.24) is 10.2 Å². The molecule has 2 amide bonds. The third-order valence-corrected chi connectivity index (χ3v) is 6.71. The predicted molar refractivity (Wildman–Crippen MR) is 137 cm³/mol. The number of carbonyl (C=O) groups is 2. The molecule has 7 nitrogen and oxygen atoms in total. The average molecular weight is 488 g/mol. The normalized spacial score (nSPS) is 12.7. The predicted octanol–water partition coefficient (Wildman–Crippen LogP) is 3.66. The minimum absolute atomic E-state index is 0.192. The van der Waals surface area contributed by atoms with Crippen molar-refractivity contribution in [1.29, 1.82) is 0 Å². The van der Waals surface area contributed by atoms with Crippen LogP contribution in [0.3, 0.4) is 0 Å². The molecule has 0 aromatic heterocycles. The van der Waals surface area contributed by atoms with Crippen LogP contribution in [0, 0.1) is 6.92 Å². The van der Waals surface area contributed by atoms with E-state index >= 15 is 0 Å². The van der Waals surface area contributed by atoms with Crippen LogP contribution in [0.4, 0.5) is 5.69 Å². The molecule has 1 N–H and O–H groups in total. The standard InChI is InChI=1S/C26H37N3O4S/c1-8-21-14-11-12-16-23(21)29(34(7,32)33)18-24(30)28(17-22-15-10-9-13-19(22)2)20(3)25(31)27-26(4,5)6/h9-16,20H,8,17-18H2,1-7H3,(H,27,31)/t20-/m0/s1. The van der Waals surface area contributed by atoms with Gasteiger partial charge in [-0.3, -0.25) is 13.9 Å². The van der Waals surface area contributed by atoms with E-state index in [-0.39, 0.29) is 12.5 Å². The number of hydrogen-bond acceptors (Lipinski definition) is 4. The second kappa shape index (κ2) is 11.0. The van der Waals surface area contributed by atoms with Gasteiger partial charge in [-0.15, -0.1) is 0 Å². The molecule has 0 fully saturated rings. The minimum Gasteiger partial charge on any atom is -0.350 e. The van der Waals surface area contributed by atoms with Crippen LogP contribution in [0.2, 0.25) is 0 Å².